The molecule has 0 bridgehead atoms. The van der Waals surface area contributed by atoms with Crippen molar-refractivity contribution in [1.82, 2.24) is 0 Å². The Morgan fingerprint density at radius 2 is 1.90 bits per heavy atom. The fourth-order valence-corrected chi connectivity index (χ4v) is 3.28. The third kappa shape index (κ3) is 2.68. The lowest BCUT2D eigenvalue weighted by Gasteiger charge is -2.30. The molecule has 0 aromatic heterocycles. The molecule has 2 unspecified atom stereocenters. The summed E-state index contributed by atoms with van der Waals surface area (Å²) >= 11 is 15.5. The highest BCUT2D eigenvalue weighted by atomic mass is 79.9. The molecule has 1 aliphatic rings. The molecule has 2 aromatic carbocycles. The van der Waals surface area contributed by atoms with Crippen molar-refractivity contribution in [1.29, 1.82) is 0 Å². The molecule has 2 aromatic rings. The molecule has 0 spiro atoms. The zero-order valence-corrected chi connectivity index (χ0v) is 13.4. The van der Waals surface area contributed by atoms with Gasteiger partial charge < -0.3 is 9.84 Å². The zero-order valence-electron chi connectivity index (χ0n) is 10.3. The van der Waals surface area contributed by atoms with Crippen molar-refractivity contribution in [2.75, 3.05) is 0 Å². The Morgan fingerprint density at radius 3 is 2.65 bits per heavy atom. The molecule has 1 N–H and O–H groups in total. The molecular formula is C15H11BrCl2O2. The van der Waals surface area contributed by atoms with E-state index in [0.717, 1.165) is 15.6 Å². The molecule has 3 rings (SSSR count). The minimum atomic E-state index is -0.576. The maximum atomic E-state index is 10.3. The Morgan fingerprint density at radius 1 is 1.10 bits per heavy atom. The SMILES string of the molecule is OC1CC(c2ccc(Cl)cc2Cl)Oc2ccc(Br)cc21. The van der Waals surface area contributed by atoms with E-state index in [1.54, 1.807) is 12.1 Å². The van der Waals surface area contributed by atoms with E-state index in [1.807, 2.05) is 24.3 Å². The second-order valence-corrected chi connectivity index (χ2v) is 6.47. The van der Waals surface area contributed by atoms with Gasteiger partial charge in [-0.3, -0.25) is 0 Å². The summed E-state index contributed by atoms with van der Waals surface area (Å²) in [5.74, 6) is 0.683. The molecule has 5 heteroatoms. The number of ether oxygens (including phenoxy) is 1. The van der Waals surface area contributed by atoms with Crippen molar-refractivity contribution in [3.05, 3.63) is 62.0 Å². The summed E-state index contributed by atoms with van der Waals surface area (Å²) in [6.07, 6.45) is -0.387. The second-order valence-electron chi connectivity index (χ2n) is 4.71. The number of rotatable bonds is 1. The lowest BCUT2D eigenvalue weighted by molar-refractivity contribution is 0.0657. The van der Waals surface area contributed by atoms with Crippen LogP contribution in [0.2, 0.25) is 10.0 Å². The van der Waals surface area contributed by atoms with E-state index in [1.165, 1.54) is 0 Å². The fraction of sp³-hybridized carbons (Fsp3) is 0.200. The van der Waals surface area contributed by atoms with Gasteiger partial charge in [-0.2, -0.15) is 0 Å². The number of hydrogen-bond donors (Lipinski definition) is 1. The lowest BCUT2D eigenvalue weighted by atomic mass is 9.95. The molecular weight excluding hydrogens is 363 g/mol. The Hall–Kier alpha value is -0.740. The number of benzene rings is 2. The van der Waals surface area contributed by atoms with Gasteiger partial charge in [0.25, 0.3) is 0 Å². The quantitative estimate of drug-likeness (QED) is 0.733. The first-order valence-corrected chi connectivity index (χ1v) is 7.68. The van der Waals surface area contributed by atoms with Crippen LogP contribution in [-0.2, 0) is 0 Å². The normalized spacial score (nSPS) is 21.2. The van der Waals surface area contributed by atoms with Crippen LogP contribution in [0.25, 0.3) is 0 Å². The molecule has 2 atom stereocenters. The summed E-state index contributed by atoms with van der Waals surface area (Å²) in [5, 5.41) is 11.4. The van der Waals surface area contributed by atoms with Crippen molar-refractivity contribution >= 4 is 39.1 Å². The van der Waals surface area contributed by atoms with Crippen LogP contribution in [0.4, 0.5) is 0 Å². The average molecular weight is 374 g/mol. The minimum Gasteiger partial charge on any atom is -0.485 e. The molecule has 1 heterocycles. The number of hydrogen-bond acceptors (Lipinski definition) is 2. The minimum absolute atomic E-state index is 0.275. The van der Waals surface area contributed by atoms with Crippen molar-refractivity contribution in [3.8, 4) is 5.75 Å². The zero-order chi connectivity index (χ0) is 14.3. The maximum absolute atomic E-state index is 10.3. The molecule has 0 aliphatic carbocycles. The van der Waals surface area contributed by atoms with E-state index in [9.17, 15) is 5.11 Å². The Labute approximate surface area is 135 Å². The van der Waals surface area contributed by atoms with Gasteiger partial charge in [0.2, 0.25) is 0 Å². The van der Waals surface area contributed by atoms with Crippen LogP contribution in [0, 0.1) is 0 Å². The van der Waals surface area contributed by atoms with Crippen molar-refractivity contribution in [2.45, 2.75) is 18.6 Å². The van der Waals surface area contributed by atoms with Gasteiger partial charge in [-0.15, -0.1) is 0 Å². The van der Waals surface area contributed by atoms with E-state index in [2.05, 4.69) is 15.9 Å². The van der Waals surface area contributed by atoms with E-state index in [0.29, 0.717) is 22.2 Å². The first-order chi connectivity index (χ1) is 9.54. The summed E-state index contributed by atoms with van der Waals surface area (Å²) in [6, 6.07) is 10.9. The Kier molecular flexibility index (Phi) is 3.95. The summed E-state index contributed by atoms with van der Waals surface area (Å²) < 4.78 is 6.87. The molecule has 0 saturated heterocycles. The summed E-state index contributed by atoms with van der Waals surface area (Å²) in [4.78, 5) is 0. The average Bonchev–Trinajstić information content (AvgIpc) is 2.39. The van der Waals surface area contributed by atoms with Crippen LogP contribution in [0.15, 0.2) is 40.9 Å². The molecule has 2 nitrogen and oxygen atoms in total. The van der Waals surface area contributed by atoms with Crippen LogP contribution in [-0.4, -0.2) is 5.11 Å². The molecule has 0 fully saturated rings. The Balaban J connectivity index is 1.97. The van der Waals surface area contributed by atoms with E-state index >= 15 is 0 Å². The standard InChI is InChI=1S/C15H11BrCl2O2/c16-8-1-4-14-11(5-8)13(19)7-15(20-14)10-3-2-9(17)6-12(10)18/h1-6,13,15,19H,7H2. The van der Waals surface area contributed by atoms with Gasteiger partial charge in [-0.1, -0.05) is 45.2 Å². The van der Waals surface area contributed by atoms with Gasteiger partial charge in [0.05, 0.1) is 6.10 Å². The van der Waals surface area contributed by atoms with Gasteiger partial charge in [-0.25, -0.2) is 0 Å². The summed E-state index contributed by atoms with van der Waals surface area (Å²) in [5.41, 5.74) is 1.63. The van der Waals surface area contributed by atoms with Crippen LogP contribution in [0.3, 0.4) is 0 Å². The number of aliphatic hydroxyl groups is 1. The molecule has 104 valence electrons. The first kappa shape index (κ1) is 14.2. The van der Waals surface area contributed by atoms with Crippen molar-refractivity contribution in [3.63, 3.8) is 0 Å². The van der Waals surface area contributed by atoms with Gasteiger partial charge in [-0.05, 0) is 30.3 Å². The third-order valence-corrected chi connectivity index (χ3v) is 4.40. The first-order valence-electron chi connectivity index (χ1n) is 6.13. The Bertz CT molecular complexity index is 660. The van der Waals surface area contributed by atoms with Gasteiger partial charge in [0.15, 0.2) is 0 Å². The maximum Gasteiger partial charge on any atom is 0.128 e. The van der Waals surface area contributed by atoms with E-state index in [4.69, 9.17) is 27.9 Å². The van der Waals surface area contributed by atoms with Crippen molar-refractivity contribution < 1.29 is 9.84 Å². The predicted molar refractivity (Wildman–Crippen MR) is 83.5 cm³/mol. The highest BCUT2D eigenvalue weighted by molar-refractivity contribution is 9.10. The molecule has 0 saturated carbocycles. The topological polar surface area (TPSA) is 29.5 Å². The molecule has 0 radical (unpaired) electrons. The molecule has 0 amide bonds. The molecule has 20 heavy (non-hydrogen) atoms. The lowest BCUT2D eigenvalue weighted by Crippen LogP contribution is -2.19. The van der Waals surface area contributed by atoms with E-state index < -0.39 is 6.10 Å². The number of halogens is 3. The second kappa shape index (κ2) is 5.57. The summed E-state index contributed by atoms with van der Waals surface area (Å²) in [7, 11) is 0. The third-order valence-electron chi connectivity index (χ3n) is 3.35. The largest absolute Gasteiger partial charge is 0.485 e. The van der Waals surface area contributed by atoms with Crippen LogP contribution in [0.5, 0.6) is 5.75 Å². The highest BCUT2D eigenvalue weighted by Crippen LogP contribution is 2.43. The molecule has 1 aliphatic heterocycles. The van der Waals surface area contributed by atoms with Crippen LogP contribution >= 0.6 is 39.1 Å². The van der Waals surface area contributed by atoms with Gasteiger partial charge in [0, 0.05) is 32.1 Å². The van der Waals surface area contributed by atoms with Gasteiger partial charge >= 0.3 is 0 Å². The van der Waals surface area contributed by atoms with Crippen LogP contribution < -0.4 is 4.74 Å². The fourth-order valence-electron chi connectivity index (χ4n) is 2.37. The number of aliphatic hydroxyl groups excluding tert-OH is 1. The predicted octanol–water partition coefficient (Wildman–Crippen LogP) is 5.31. The van der Waals surface area contributed by atoms with Gasteiger partial charge in [0.1, 0.15) is 11.9 Å². The smallest absolute Gasteiger partial charge is 0.128 e. The van der Waals surface area contributed by atoms with Crippen LogP contribution in [0.1, 0.15) is 29.8 Å². The van der Waals surface area contributed by atoms with E-state index in [-0.39, 0.29) is 6.10 Å². The summed E-state index contributed by atoms with van der Waals surface area (Å²) in [6.45, 7) is 0. The van der Waals surface area contributed by atoms with Crippen molar-refractivity contribution in [2.24, 2.45) is 0 Å². The highest BCUT2D eigenvalue weighted by Gasteiger charge is 2.29. The monoisotopic (exact) mass is 372 g/mol. The number of fused-ring (bicyclic) bond motifs is 1.